The summed E-state index contributed by atoms with van der Waals surface area (Å²) in [4.78, 5) is 4.48. The van der Waals surface area contributed by atoms with Gasteiger partial charge in [0.05, 0.1) is 11.0 Å². The lowest BCUT2D eigenvalue weighted by molar-refractivity contribution is 0.183. The van der Waals surface area contributed by atoms with E-state index in [2.05, 4.69) is 29.5 Å². The number of imidazole rings is 1. The van der Waals surface area contributed by atoms with Crippen molar-refractivity contribution in [3.8, 4) is 0 Å². The maximum Gasteiger partial charge on any atom is 0.138 e. The Labute approximate surface area is 95.7 Å². The Kier molecular flexibility index (Phi) is 2.97. The van der Waals surface area contributed by atoms with Crippen molar-refractivity contribution >= 4 is 11.0 Å². The normalized spacial score (nSPS) is 13.6. The number of fused-ring (bicyclic) bond motifs is 1. The number of aliphatic hydroxyl groups is 1. The number of benzene rings is 1. The molecule has 1 N–H and O–H groups in total. The summed E-state index contributed by atoms with van der Waals surface area (Å²) in [7, 11) is 0. The monoisotopic (exact) mass is 218 g/mol. The fourth-order valence-electron chi connectivity index (χ4n) is 1.97. The Balaban J connectivity index is 2.60. The molecule has 2 aromatic rings. The van der Waals surface area contributed by atoms with Crippen molar-refractivity contribution in [3.05, 3.63) is 30.1 Å². The van der Waals surface area contributed by atoms with E-state index in [0.29, 0.717) is 5.92 Å². The second kappa shape index (κ2) is 4.26. The van der Waals surface area contributed by atoms with Crippen molar-refractivity contribution < 1.29 is 5.11 Å². The van der Waals surface area contributed by atoms with Gasteiger partial charge in [0.2, 0.25) is 0 Å². The molecular formula is C13H18N2O. The molecule has 0 fully saturated rings. The van der Waals surface area contributed by atoms with Gasteiger partial charge in [0.1, 0.15) is 11.9 Å². The minimum atomic E-state index is -0.522. The summed E-state index contributed by atoms with van der Waals surface area (Å²) in [5.41, 5.74) is 2.06. The highest BCUT2D eigenvalue weighted by Gasteiger charge is 2.14. The molecule has 0 aliphatic heterocycles. The second-order valence-corrected chi connectivity index (χ2v) is 4.64. The molecule has 1 aromatic carbocycles. The van der Waals surface area contributed by atoms with E-state index >= 15 is 0 Å². The Morgan fingerprint density at radius 2 is 1.94 bits per heavy atom. The summed E-state index contributed by atoms with van der Waals surface area (Å²) in [5, 5.41) is 9.74. The highest BCUT2D eigenvalue weighted by Crippen LogP contribution is 2.21. The topological polar surface area (TPSA) is 38.0 Å². The van der Waals surface area contributed by atoms with E-state index in [9.17, 15) is 5.11 Å². The molecule has 3 heteroatoms. The number of nitrogens with zero attached hydrogens (tertiary/aromatic N) is 2. The van der Waals surface area contributed by atoms with Crippen molar-refractivity contribution in [3.63, 3.8) is 0 Å². The van der Waals surface area contributed by atoms with Crippen molar-refractivity contribution in [2.75, 3.05) is 0 Å². The van der Waals surface area contributed by atoms with E-state index in [1.54, 1.807) is 6.92 Å². The first kappa shape index (κ1) is 11.1. The predicted octanol–water partition coefficient (Wildman–Crippen LogP) is 2.75. The van der Waals surface area contributed by atoms with Gasteiger partial charge in [-0.25, -0.2) is 4.98 Å². The van der Waals surface area contributed by atoms with Crippen LogP contribution >= 0.6 is 0 Å². The minimum absolute atomic E-state index is 0.522. The number of aliphatic hydroxyl groups excluding tert-OH is 1. The van der Waals surface area contributed by atoms with Gasteiger partial charge in [0.25, 0.3) is 0 Å². The van der Waals surface area contributed by atoms with Gasteiger partial charge < -0.3 is 9.67 Å². The fraction of sp³-hybridized carbons (Fsp3) is 0.462. The van der Waals surface area contributed by atoms with Crippen LogP contribution in [0.25, 0.3) is 11.0 Å². The van der Waals surface area contributed by atoms with Crippen LogP contribution in [0, 0.1) is 5.92 Å². The van der Waals surface area contributed by atoms with Gasteiger partial charge in [0, 0.05) is 6.54 Å². The lowest BCUT2D eigenvalue weighted by atomic mass is 10.2. The van der Waals surface area contributed by atoms with Crippen LogP contribution in [-0.2, 0) is 6.54 Å². The molecule has 16 heavy (non-hydrogen) atoms. The van der Waals surface area contributed by atoms with E-state index in [1.807, 2.05) is 18.2 Å². The van der Waals surface area contributed by atoms with Crippen molar-refractivity contribution in [1.29, 1.82) is 0 Å². The smallest absolute Gasteiger partial charge is 0.138 e. The second-order valence-electron chi connectivity index (χ2n) is 4.64. The third-order valence-electron chi connectivity index (χ3n) is 2.61. The summed E-state index contributed by atoms with van der Waals surface area (Å²) >= 11 is 0. The van der Waals surface area contributed by atoms with Crippen LogP contribution in [-0.4, -0.2) is 14.7 Å². The first-order valence-corrected chi connectivity index (χ1v) is 5.73. The molecule has 0 aliphatic rings. The first-order valence-electron chi connectivity index (χ1n) is 5.73. The van der Waals surface area contributed by atoms with Gasteiger partial charge in [-0.1, -0.05) is 26.0 Å². The average Bonchev–Trinajstić information content (AvgIpc) is 2.57. The Morgan fingerprint density at radius 3 is 2.56 bits per heavy atom. The highest BCUT2D eigenvalue weighted by atomic mass is 16.3. The molecule has 2 rings (SSSR count). The van der Waals surface area contributed by atoms with Crippen LogP contribution in [0.4, 0.5) is 0 Å². The lowest BCUT2D eigenvalue weighted by Gasteiger charge is -2.12. The molecule has 0 spiro atoms. The van der Waals surface area contributed by atoms with Crippen molar-refractivity contribution in [2.45, 2.75) is 33.4 Å². The molecule has 1 aromatic heterocycles. The molecular weight excluding hydrogens is 200 g/mol. The van der Waals surface area contributed by atoms with Gasteiger partial charge >= 0.3 is 0 Å². The number of hydrogen-bond acceptors (Lipinski definition) is 2. The van der Waals surface area contributed by atoms with E-state index in [0.717, 1.165) is 23.4 Å². The van der Waals surface area contributed by atoms with Gasteiger partial charge in [0.15, 0.2) is 0 Å². The van der Waals surface area contributed by atoms with Crippen LogP contribution in [0.2, 0.25) is 0 Å². The molecule has 0 unspecified atom stereocenters. The SMILES string of the molecule is CC(C)Cn1c([C@H](C)O)nc2ccccc21. The molecule has 0 saturated heterocycles. The Hall–Kier alpha value is -1.35. The zero-order valence-corrected chi connectivity index (χ0v) is 10.0. The Bertz CT molecular complexity index is 486. The van der Waals surface area contributed by atoms with Crippen LogP contribution < -0.4 is 0 Å². The standard InChI is InChI=1S/C13H18N2O/c1-9(2)8-15-12-7-5-4-6-11(12)14-13(15)10(3)16/h4-7,9-10,16H,8H2,1-3H3/t10-/m0/s1. The van der Waals surface area contributed by atoms with Crippen molar-refractivity contribution in [1.82, 2.24) is 9.55 Å². The molecule has 1 atom stereocenters. The number of rotatable bonds is 3. The van der Waals surface area contributed by atoms with Crippen LogP contribution in [0.5, 0.6) is 0 Å². The average molecular weight is 218 g/mol. The molecule has 86 valence electrons. The molecule has 1 heterocycles. The summed E-state index contributed by atoms with van der Waals surface area (Å²) in [6, 6.07) is 8.02. The summed E-state index contributed by atoms with van der Waals surface area (Å²) in [6.45, 7) is 6.99. The lowest BCUT2D eigenvalue weighted by Crippen LogP contribution is -2.10. The van der Waals surface area contributed by atoms with E-state index in [4.69, 9.17) is 0 Å². The highest BCUT2D eigenvalue weighted by molar-refractivity contribution is 5.75. The van der Waals surface area contributed by atoms with Crippen LogP contribution in [0.15, 0.2) is 24.3 Å². The van der Waals surface area contributed by atoms with E-state index < -0.39 is 6.10 Å². The largest absolute Gasteiger partial charge is 0.385 e. The quantitative estimate of drug-likeness (QED) is 0.860. The maximum absolute atomic E-state index is 9.74. The van der Waals surface area contributed by atoms with Crippen LogP contribution in [0.3, 0.4) is 0 Å². The zero-order chi connectivity index (χ0) is 11.7. The van der Waals surface area contributed by atoms with E-state index in [-0.39, 0.29) is 0 Å². The third-order valence-corrected chi connectivity index (χ3v) is 2.61. The molecule has 0 amide bonds. The fourth-order valence-corrected chi connectivity index (χ4v) is 1.97. The molecule has 0 bridgehead atoms. The molecule has 0 saturated carbocycles. The van der Waals surface area contributed by atoms with E-state index in [1.165, 1.54) is 0 Å². The van der Waals surface area contributed by atoms with Gasteiger partial charge in [-0.05, 0) is 25.0 Å². The molecule has 0 radical (unpaired) electrons. The minimum Gasteiger partial charge on any atom is -0.385 e. The van der Waals surface area contributed by atoms with Crippen molar-refractivity contribution in [2.24, 2.45) is 5.92 Å². The predicted molar refractivity (Wildman–Crippen MR) is 65.2 cm³/mol. The molecule has 3 nitrogen and oxygen atoms in total. The summed E-state index contributed by atoms with van der Waals surface area (Å²) < 4.78 is 2.12. The van der Waals surface area contributed by atoms with Gasteiger partial charge in [-0.2, -0.15) is 0 Å². The maximum atomic E-state index is 9.74. The third kappa shape index (κ3) is 1.95. The molecule has 0 aliphatic carbocycles. The first-order chi connectivity index (χ1) is 7.59. The number of aromatic nitrogens is 2. The summed E-state index contributed by atoms with van der Waals surface area (Å²) in [6.07, 6.45) is -0.522. The Morgan fingerprint density at radius 1 is 1.25 bits per heavy atom. The van der Waals surface area contributed by atoms with Gasteiger partial charge in [-0.3, -0.25) is 0 Å². The number of hydrogen-bond donors (Lipinski definition) is 1. The van der Waals surface area contributed by atoms with Crippen LogP contribution in [0.1, 0.15) is 32.7 Å². The zero-order valence-electron chi connectivity index (χ0n) is 10.0. The summed E-state index contributed by atoms with van der Waals surface area (Å²) in [5.74, 6) is 1.30. The number of para-hydroxylation sites is 2. The van der Waals surface area contributed by atoms with Gasteiger partial charge in [-0.15, -0.1) is 0 Å².